The molecular weight excluding hydrogens is 226 g/mol. The molecular formula is C14H15N3O. The summed E-state index contributed by atoms with van der Waals surface area (Å²) in [5.41, 5.74) is 2.67. The van der Waals surface area contributed by atoms with Gasteiger partial charge in [-0.15, -0.1) is 0 Å². The lowest BCUT2D eigenvalue weighted by molar-refractivity contribution is 0.356. The molecule has 1 aromatic carbocycles. The van der Waals surface area contributed by atoms with Gasteiger partial charge in [-0.2, -0.15) is 4.98 Å². The van der Waals surface area contributed by atoms with Gasteiger partial charge in [0.1, 0.15) is 6.04 Å². The van der Waals surface area contributed by atoms with Gasteiger partial charge in [0.25, 0.3) is 0 Å². The zero-order chi connectivity index (χ0) is 12.2. The standard InChI is InChI=1S/C14H15N3O/c1-14(6-7-14)13-16-12(18-17-13)11-8-9-4-2-3-5-10(9)15-11/h2-5,11,15H,6-8H2,1H3/t11-/m0/s1. The van der Waals surface area contributed by atoms with E-state index in [1.807, 2.05) is 6.07 Å². The van der Waals surface area contributed by atoms with Gasteiger partial charge in [-0.1, -0.05) is 30.3 Å². The van der Waals surface area contributed by atoms with E-state index >= 15 is 0 Å². The fourth-order valence-corrected chi connectivity index (χ4v) is 2.48. The number of hydrogen-bond acceptors (Lipinski definition) is 4. The van der Waals surface area contributed by atoms with E-state index in [-0.39, 0.29) is 11.5 Å². The van der Waals surface area contributed by atoms with Crippen molar-refractivity contribution < 1.29 is 4.52 Å². The molecule has 18 heavy (non-hydrogen) atoms. The van der Waals surface area contributed by atoms with Crippen LogP contribution in [0.1, 0.15) is 43.1 Å². The highest BCUT2D eigenvalue weighted by molar-refractivity contribution is 5.56. The average Bonchev–Trinajstić information content (AvgIpc) is 2.88. The van der Waals surface area contributed by atoms with Crippen LogP contribution in [0.5, 0.6) is 0 Å². The van der Waals surface area contributed by atoms with E-state index in [4.69, 9.17) is 4.52 Å². The molecule has 1 aromatic heterocycles. The Balaban J connectivity index is 1.61. The molecule has 0 amide bonds. The molecule has 1 fully saturated rings. The summed E-state index contributed by atoms with van der Waals surface area (Å²) in [5, 5.41) is 7.57. The average molecular weight is 241 g/mol. The van der Waals surface area contributed by atoms with Gasteiger partial charge in [-0.25, -0.2) is 0 Å². The second-order valence-electron chi connectivity index (χ2n) is 5.58. The van der Waals surface area contributed by atoms with Crippen molar-refractivity contribution in [3.8, 4) is 0 Å². The second-order valence-corrected chi connectivity index (χ2v) is 5.58. The van der Waals surface area contributed by atoms with E-state index in [1.165, 1.54) is 24.1 Å². The van der Waals surface area contributed by atoms with Crippen LogP contribution in [0.4, 0.5) is 5.69 Å². The summed E-state index contributed by atoms with van der Waals surface area (Å²) in [6.45, 7) is 2.19. The smallest absolute Gasteiger partial charge is 0.249 e. The molecule has 2 heterocycles. The topological polar surface area (TPSA) is 51.0 Å². The first kappa shape index (κ1) is 10.1. The maximum atomic E-state index is 5.42. The normalized spacial score (nSPS) is 23.5. The van der Waals surface area contributed by atoms with Crippen molar-refractivity contribution in [2.24, 2.45) is 0 Å². The largest absolute Gasteiger partial charge is 0.373 e. The van der Waals surface area contributed by atoms with Crippen LogP contribution in [-0.4, -0.2) is 10.1 Å². The molecule has 4 heteroatoms. The lowest BCUT2D eigenvalue weighted by atomic mass is 10.1. The highest BCUT2D eigenvalue weighted by atomic mass is 16.5. The number of benzene rings is 1. The Kier molecular flexibility index (Phi) is 1.88. The first-order chi connectivity index (χ1) is 8.74. The van der Waals surface area contributed by atoms with Gasteiger partial charge in [0.2, 0.25) is 5.89 Å². The lowest BCUT2D eigenvalue weighted by Crippen LogP contribution is -2.07. The van der Waals surface area contributed by atoms with Crippen molar-refractivity contribution in [3.05, 3.63) is 41.5 Å². The third-order valence-electron chi connectivity index (χ3n) is 4.05. The number of fused-ring (bicyclic) bond motifs is 1. The van der Waals surface area contributed by atoms with Crippen LogP contribution >= 0.6 is 0 Å². The Morgan fingerprint density at radius 1 is 1.33 bits per heavy atom. The molecule has 0 saturated heterocycles. The summed E-state index contributed by atoms with van der Waals surface area (Å²) in [7, 11) is 0. The van der Waals surface area contributed by atoms with Gasteiger partial charge in [-0.3, -0.25) is 0 Å². The summed E-state index contributed by atoms with van der Waals surface area (Å²) >= 11 is 0. The Labute approximate surface area is 105 Å². The van der Waals surface area contributed by atoms with E-state index in [9.17, 15) is 0 Å². The minimum absolute atomic E-state index is 0.131. The van der Waals surface area contributed by atoms with Crippen molar-refractivity contribution >= 4 is 5.69 Å². The van der Waals surface area contributed by atoms with E-state index in [2.05, 4.69) is 40.6 Å². The van der Waals surface area contributed by atoms with Crippen molar-refractivity contribution in [1.29, 1.82) is 0 Å². The van der Waals surface area contributed by atoms with Crippen LogP contribution in [0.25, 0.3) is 0 Å². The number of aromatic nitrogens is 2. The molecule has 2 aromatic rings. The minimum atomic E-state index is 0.131. The number of nitrogens with zero attached hydrogens (tertiary/aromatic N) is 2. The summed E-state index contributed by atoms with van der Waals surface area (Å²) in [4.78, 5) is 4.57. The molecule has 0 spiro atoms. The Morgan fingerprint density at radius 3 is 2.94 bits per heavy atom. The van der Waals surface area contributed by atoms with Gasteiger partial charge in [0.05, 0.1) is 0 Å². The molecule has 1 aliphatic heterocycles. The number of hydrogen-bond donors (Lipinski definition) is 1. The fraction of sp³-hybridized carbons (Fsp3) is 0.429. The molecule has 0 radical (unpaired) electrons. The summed E-state index contributed by atoms with van der Waals surface area (Å²) in [5.74, 6) is 1.59. The molecule has 4 nitrogen and oxygen atoms in total. The Bertz CT molecular complexity index is 576. The highest BCUT2D eigenvalue weighted by Crippen LogP contribution is 2.46. The van der Waals surface area contributed by atoms with Crippen LogP contribution in [0.2, 0.25) is 0 Å². The molecule has 2 aliphatic rings. The Hall–Kier alpha value is -1.84. The van der Waals surface area contributed by atoms with Crippen molar-refractivity contribution in [3.63, 3.8) is 0 Å². The van der Waals surface area contributed by atoms with Gasteiger partial charge in [-0.05, 0) is 24.5 Å². The molecule has 1 aliphatic carbocycles. The van der Waals surface area contributed by atoms with Gasteiger partial charge < -0.3 is 9.84 Å². The van der Waals surface area contributed by atoms with Crippen molar-refractivity contribution in [2.75, 3.05) is 5.32 Å². The summed E-state index contributed by atoms with van der Waals surface area (Å²) in [6.07, 6.45) is 3.27. The third kappa shape index (κ3) is 1.45. The van der Waals surface area contributed by atoms with Gasteiger partial charge in [0.15, 0.2) is 5.82 Å². The predicted molar refractivity (Wildman–Crippen MR) is 67.4 cm³/mol. The number of nitrogens with one attached hydrogen (secondary N) is 1. The zero-order valence-electron chi connectivity index (χ0n) is 10.3. The van der Waals surface area contributed by atoms with Crippen LogP contribution in [0.3, 0.4) is 0 Å². The summed E-state index contributed by atoms with van der Waals surface area (Å²) < 4.78 is 5.42. The molecule has 4 rings (SSSR count). The quantitative estimate of drug-likeness (QED) is 0.878. The monoisotopic (exact) mass is 241 g/mol. The molecule has 0 unspecified atom stereocenters. The van der Waals surface area contributed by atoms with Crippen LogP contribution in [0.15, 0.2) is 28.8 Å². The number of anilines is 1. The van der Waals surface area contributed by atoms with E-state index < -0.39 is 0 Å². The van der Waals surface area contributed by atoms with E-state index in [1.54, 1.807) is 0 Å². The van der Waals surface area contributed by atoms with E-state index in [0.29, 0.717) is 5.89 Å². The Morgan fingerprint density at radius 2 is 2.17 bits per heavy atom. The van der Waals surface area contributed by atoms with Gasteiger partial charge in [0, 0.05) is 17.5 Å². The van der Waals surface area contributed by atoms with Crippen molar-refractivity contribution in [2.45, 2.75) is 37.6 Å². The molecule has 0 bridgehead atoms. The third-order valence-corrected chi connectivity index (χ3v) is 4.05. The van der Waals surface area contributed by atoms with Crippen LogP contribution in [0, 0.1) is 0 Å². The first-order valence-electron chi connectivity index (χ1n) is 6.43. The maximum Gasteiger partial charge on any atom is 0.249 e. The molecule has 1 saturated carbocycles. The van der Waals surface area contributed by atoms with Crippen molar-refractivity contribution in [1.82, 2.24) is 10.1 Å². The lowest BCUT2D eigenvalue weighted by Gasteiger charge is -2.04. The zero-order valence-corrected chi connectivity index (χ0v) is 10.3. The maximum absolute atomic E-state index is 5.42. The summed E-state index contributed by atoms with van der Waals surface area (Å²) in [6, 6.07) is 8.47. The van der Waals surface area contributed by atoms with Crippen LogP contribution < -0.4 is 5.32 Å². The second kappa shape index (κ2) is 3.34. The minimum Gasteiger partial charge on any atom is -0.373 e. The van der Waals surface area contributed by atoms with Gasteiger partial charge >= 0.3 is 0 Å². The molecule has 1 N–H and O–H groups in total. The van der Waals surface area contributed by atoms with Crippen LogP contribution in [-0.2, 0) is 11.8 Å². The first-order valence-corrected chi connectivity index (χ1v) is 6.43. The molecule has 1 atom stereocenters. The van der Waals surface area contributed by atoms with E-state index in [0.717, 1.165) is 12.2 Å². The fourth-order valence-electron chi connectivity index (χ4n) is 2.48. The molecule has 92 valence electrons. The number of rotatable bonds is 2. The number of para-hydroxylation sites is 1. The highest BCUT2D eigenvalue weighted by Gasteiger charge is 2.44. The predicted octanol–water partition coefficient (Wildman–Crippen LogP) is 2.83. The SMILES string of the molecule is CC1(c2noc([C@@H]3Cc4ccccc4N3)n2)CC1.